The van der Waals surface area contributed by atoms with E-state index >= 15 is 0 Å². The fraction of sp³-hybridized carbons (Fsp3) is 0.600. The van der Waals surface area contributed by atoms with Gasteiger partial charge in [0.2, 0.25) is 0 Å². The number of halogens is 1. The van der Waals surface area contributed by atoms with E-state index in [0.717, 1.165) is 18.1 Å². The minimum Gasteiger partial charge on any atom is -0.465 e. The standard InChI is InChI=1S/C10H15NO.ClH/c1-8-5-6-10(12-8)9-4-2-3-7-11-9;/h5-6,9,11H,2-4,7H2,1H3;1H/t9-;/m1./s1. The lowest BCUT2D eigenvalue weighted by atomic mass is 10.0. The molecule has 1 aromatic heterocycles. The van der Waals surface area contributed by atoms with Crippen molar-refractivity contribution >= 4 is 12.4 Å². The summed E-state index contributed by atoms with van der Waals surface area (Å²) >= 11 is 0. The zero-order chi connectivity index (χ0) is 8.39. The summed E-state index contributed by atoms with van der Waals surface area (Å²) < 4.78 is 5.56. The fourth-order valence-electron chi connectivity index (χ4n) is 1.74. The van der Waals surface area contributed by atoms with Gasteiger partial charge < -0.3 is 9.73 Å². The molecule has 3 heteroatoms. The van der Waals surface area contributed by atoms with Crippen molar-refractivity contribution in [3.8, 4) is 0 Å². The van der Waals surface area contributed by atoms with Crippen LogP contribution in [0.3, 0.4) is 0 Å². The molecule has 0 aromatic carbocycles. The predicted molar refractivity (Wildman–Crippen MR) is 55.3 cm³/mol. The molecule has 1 atom stereocenters. The van der Waals surface area contributed by atoms with Gasteiger partial charge in [-0.25, -0.2) is 0 Å². The molecule has 74 valence electrons. The van der Waals surface area contributed by atoms with Crippen LogP contribution in [0.25, 0.3) is 0 Å². The molecule has 0 unspecified atom stereocenters. The Kier molecular flexibility index (Phi) is 3.82. The van der Waals surface area contributed by atoms with E-state index in [0.29, 0.717) is 6.04 Å². The van der Waals surface area contributed by atoms with Crippen molar-refractivity contribution in [1.29, 1.82) is 0 Å². The Morgan fingerprint density at radius 2 is 2.23 bits per heavy atom. The van der Waals surface area contributed by atoms with Gasteiger partial charge in [-0.1, -0.05) is 6.42 Å². The van der Waals surface area contributed by atoms with E-state index in [1.807, 2.05) is 13.0 Å². The van der Waals surface area contributed by atoms with E-state index in [-0.39, 0.29) is 12.4 Å². The Balaban J connectivity index is 0.000000845. The topological polar surface area (TPSA) is 25.2 Å². The number of nitrogens with one attached hydrogen (secondary N) is 1. The first-order valence-corrected chi connectivity index (χ1v) is 4.66. The molecule has 1 aliphatic heterocycles. The summed E-state index contributed by atoms with van der Waals surface area (Å²) in [4.78, 5) is 0. The van der Waals surface area contributed by atoms with E-state index in [1.165, 1.54) is 19.3 Å². The third-order valence-electron chi connectivity index (χ3n) is 2.41. The maximum absolute atomic E-state index is 5.56. The molecule has 2 nitrogen and oxygen atoms in total. The number of hydrogen-bond donors (Lipinski definition) is 1. The van der Waals surface area contributed by atoms with Crippen LogP contribution in [0, 0.1) is 6.92 Å². The molecule has 1 N–H and O–H groups in total. The number of furan rings is 1. The van der Waals surface area contributed by atoms with Crippen molar-refractivity contribution in [1.82, 2.24) is 5.32 Å². The molecule has 0 aliphatic carbocycles. The highest BCUT2D eigenvalue weighted by Crippen LogP contribution is 2.24. The number of piperidine rings is 1. The van der Waals surface area contributed by atoms with Crippen molar-refractivity contribution in [3.05, 3.63) is 23.7 Å². The summed E-state index contributed by atoms with van der Waals surface area (Å²) in [5, 5.41) is 3.45. The third kappa shape index (κ3) is 2.48. The van der Waals surface area contributed by atoms with Crippen molar-refractivity contribution < 1.29 is 4.42 Å². The predicted octanol–water partition coefficient (Wildman–Crippen LogP) is 2.82. The second-order valence-electron chi connectivity index (χ2n) is 3.45. The largest absolute Gasteiger partial charge is 0.465 e. The molecule has 0 spiro atoms. The summed E-state index contributed by atoms with van der Waals surface area (Å²) in [6, 6.07) is 4.58. The zero-order valence-electron chi connectivity index (χ0n) is 7.88. The minimum absolute atomic E-state index is 0. The van der Waals surface area contributed by atoms with Crippen LogP contribution < -0.4 is 5.32 Å². The molecular weight excluding hydrogens is 186 g/mol. The Hall–Kier alpha value is -0.470. The van der Waals surface area contributed by atoms with Gasteiger partial charge in [0.15, 0.2) is 0 Å². The van der Waals surface area contributed by atoms with Crippen LogP contribution in [-0.2, 0) is 0 Å². The lowest BCUT2D eigenvalue weighted by molar-refractivity contribution is 0.343. The highest BCUT2D eigenvalue weighted by atomic mass is 35.5. The number of aryl methyl sites for hydroxylation is 1. The molecular formula is C10H16ClNO. The molecule has 0 bridgehead atoms. The molecule has 13 heavy (non-hydrogen) atoms. The molecule has 1 fully saturated rings. The molecule has 0 radical (unpaired) electrons. The minimum atomic E-state index is 0. The maximum atomic E-state index is 5.56. The van der Waals surface area contributed by atoms with Crippen molar-refractivity contribution in [3.63, 3.8) is 0 Å². The fourth-order valence-corrected chi connectivity index (χ4v) is 1.74. The lowest BCUT2D eigenvalue weighted by Gasteiger charge is -2.21. The molecule has 2 heterocycles. The van der Waals surface area contributed by atoms with Crippen LogP contribution >= 0.6 is 12.4 Å². The molecule has 2 rings (SSSR count). The Bertz CT molecular complexity index is 253. The lowest BCUT2D eigenvalue weighted by Crippen LogP contribution is -2.26. The van der Waals surface area contributed by atoms with Crippen LogP contribution in [0.4, 0.5) is 0 Å². The average molecular weight is 202 g/mol. The van der Waals surface area contributed by atoms with E-state index in [1.54, 1.807) is 0 Å². The Morgan fingerprint density at radius 1 is 1.38 bits per heavy atom. The first-order chi connectivity index (χ1) is 5.86. The first-order valence-electron chi connectivity index (χ1n) is 4.66. The second-order valence-corrected chi connectivity index (χ2v) is 3.45. The van der Waals surface area contributed by atoms with Crippen LogP contribution in [0.1, 0.15) is 36.8 Å². The van der Waals surface area contributed by atoms with E-state index in [9.17, 15) is 0 Å². The summed E-state index contributed by atoms with van der Waals surface area (Å²) in [7, 11) is 0. The van der Waals surface area contributed by atoms with Gasteiger partial charge >= 0.3 is 0 Å². The van der Waals surface area contributed by atoms with Crippen molar-refractivity contribution in [2.45, 2.75) is 32.2 Å². The van der Waals surface area contributed by atoms with Gasteiger partial charge in [0.25, 0.3) is 0 Å². The number of rotatable bonds is 1. The molecule has 1 saturated heterocycles. The van der Waals surface area contributed by atoms with Gasteiger partial charge in [-0.3, -0.25) is 0 Å². The third-order valence-corrected chi connectivity index (χ3v) is 2.41. The summed E-state index contributed by atoms with van der Waals surface area (Å²) in [5.74, 6) is 2.12. The zero-order valence-corrected chi connectivity index (χ0v) is 8.69. The van der Waals surface area contributed by atoms with Crippen molar-refractivity contribution in [2.75, 3.05) is 6.54 Å². The van der Waals surface area contributed by atoms with Crippen LogP contribution in [0.2, 0.25) is 0 Å². The van der Waals surface area contributed by atoms with Gasteiger partial charge in [-0.05, 0) is 38.4 Å². The van der Waals surface area contributed by atoms with E-state index in [4.69, 9.17) is 4.42 Å². The summed E-state index contributed by atoms with van der Waals surface area (Å²) in [6.07, 6.45) is 3.83. The van der Waals surface area contributed by atoms with Gasteiger partial charge in [0, 0.05) is 0 Å². The molecule has 1 aromatic rings. The van der Waals surface area contributed by atoms with E-state index < -0.39 is 0 Å². The average Bonchev–Trinajstić information content (AvgIpc) is 2.54. The Labute approximate surface area is 85.1 Å². The quantitative estimate of drug-likeness (QED) is 0.756. The van der Waals surface area contributed by atoms with Gasteiger partial charge in [0.1, 0.15) is 11.5 Å². The van der Waals surface area contributed by atoms with Crippen LogP contribution in [0.15, 0.2) is 16.5 Å². The Morgan fingerprint density at radius 3 is 2.77 bits per heavy atom. The normalized spacial score (nSPS) is 22.4. The number of hydrogen-bond acceptors (Lipinski definition) is 2. The van der Waals surface area contributed by atoms with Gasteiger partial charge in [-0.2, -0.15) is 0 Å². The SMILES string of the molecule is Cc1ccc([C@H]2CCCCN2)o1.Cl. The second kappa shape index (κ2) is 4.68. The highest BCUT2D eigenvalue weighted by Gasteiger charge is 2.16. The van der Waals surface area contributed by atoms with Crippen molar-refractivity contribution in [2.24, 2.45) is 0 Å². The monoisotopic (exact) mass is 201 g/mol. The van der Waals surface area contributed by atoms with Crippen LogP contribution in [0.5, 0.6) is 0 Å². The molecule has 1 aliphatic rings. The maximum Gasteiger partial charge on any atom is 0.121 e. The van der Waals surface area contributed by atoms with Gasteiger partial charge in [0.05, 0.1) is 6.04 Å². The molecule has 0 amide bonds. The smallest absolute Gasteiger partial charge is 0.121 e. The summed E-state index contributed by atoms with van der Waals surface area (Å²) in [5.41, 5.74) is 0. The molecule has 0 saturated carbocycles. The van der Waals surface area contributed by atoms with E-state index in [2.05, 4.69) is 11.4 Å². The highest BCUT2D eigenvalue weighted by molar-refractivity contribution is 5.85. The first kappa shape index (κ1) is 10.6. The van der Waals surface area contributed by atoms with Gasteiger partial charge in [-0.15, -0.1) is 12.4 Å². The summed E-state index contributed by atoms with van der Waals surface area (Å²) in [6.45, 7) is 3.12. The van der Waals surface area contributed by atoms with Crippen LogP contribution in [-0.4, -0.2) is 6.54 Å².